The molecule has 0 aliphatic heterocycles. The van der Waals surface area contributed by atoms with E-state index in [0.29, 0.717) is 6.10 Å². The zero-order valence-electron chi connectivity index (χ0n) is 9.54. The van der Waals surface area contributed by atoms with Gasteiger partial charge in [-0.05, 0) is 38.5 Å². The van der Waals surface area contributed by atoms with Crippen molar-refractivity contribution in [2.24, 2.45) is 5.92 Å². The molecule has 0 aromatic rings. The Morgan fingerprint density at radius 3 is 2.86 bits per heavy atom. The van der Waals surface area contributed by atoms with E-state index in [4.69, 9.17) is 9.84 Å². The van der Waals surface area contributed by atoms with Crippen molar-refractivity contribution in [1.82, 2.24) is 0 Å². The first-order valence-corrected chi connectivity index (χ1v) is 5.98. The fourth-order valence-corrected chi connectivity index (χ4v) is 2.16. The Morgan fingerprint density at radius 1 is 1.43 bits per heavy atom. The second-order valence-corrected chi connectivity index (χ2v) is 4.76. The summed E-state index contributed by atoms with van der Waals surface area (Å²) in [5.41, 5.74) is 0. The molecule has 0 aromatic carbocycles. The predicted octanol–water partition coefficient (Wildman–Crippen LogP) is 2.74. The van der Waals surface area contributed by atoms with Gasteiger partial charge in [0.15, 0.2) is 0 Å². The van der Waals surface area contributed by atoms with Crippen LogP contribution in [0.4, 0.5) is 0 Å². The molecule has 84 valence electrons. The molecule has 0 saturated heterocycles. The second kappa shape index (κ2) is 6.41. The van der Waals surface area contributed by atoms with Crippen LogP contribution in [0.5, 0.6) is 0 Å². The minimum atomic E-state index is -0.177. The minimum absolute atomic E-state index is 0.177. The van der Waals surface area contributed by atoms with E-state index < -0.39 is 0 Å². The molecule has 0 spiro atoms. The molecule has 1 saturated carbocycles. The van der Waals surface area contributed by atoms with Crippen molar-refractivity contribution in [3.63, 3.8) is 0 Å². The molecule has 1 N–H and O–H groups in total. The van der Waals surface area contributed by atoms with Crippen molar-refractivity contribution in [3.8, 4) is 0 Å². The summed E-state index contributed by atoms with van der Waals surface area (Å²) in [4.78, 5) is 0. The largest absolute Gasteiger partial charge is 0.393 e. The van der Waals surface area contributed by atoms with Gasteiger partial charge in [-0.15, -0.1) is 0 Å². The molecule has 2 heteroatoms. The summed E-state index contributed by atoms with van der Waals surface area (Å²) in [5.74, 6) is 0.838. The zero-order valence-corrected chi connectivity index (χ0v) is 9.54. The van der Waals surface area contributed by atoms with Crippen molar-refractivity contribution in [3.05, 3.63) is 0 Å². The van der Waals surface area contributed by atoms with E-state index >= 15 is 0 Å². The Morgan fingerprint density at radius 2 is 2.21 bits per heavy atom. The molecule has 0 amide bonds. The van der Waals surface area contributed by atoms with Crippen LogP contribution in [-0.2, 0) is 4.74 Å². The number of hydrogen-bond donors (Lipinski definition) is 1. The van der Waals surface area contributed by atoms with Gasteiger partial charge >= 0.3 is 0 Å². The van der Waals surface area contributed by atoms with Crippen molar-refractivity contribution in [1.29, 1.82) is 0 Å². The highest BCUT2D eigenvalue weighted by molar-refractivity contribution is 4.70. The monoisotopic (exact) mass is 200 g/mol. The molecule has 3 atom stereocenters. The highest BCUT2D eigenvalue weighted by Crippen LogP contribution is 2.25. The van der Waals surface area contributed by atoms with Gasteiger partial charge in [-0.2, -0.15) is 0 Å². The van der Waals surface area contributed by atoms with E-state index in [1.807, 2.05) is 6.92 Å². The van der Waals surface area contributed by atoms with Gasteiger partial charge in [0.2, 0.25) is 0 Å². The summed E-state index contributed by atoms with van der Waals surface area (Å²) in [7, 11) is 0. The Balaban J connectivity index is 2.00. The van der Waals surface area contributed by atoms with Crippen LogP contribution in [0.25, 0.3) is 0 Å². The van der Waals surface area contributed by atoms with E-state index in [1.54, 1.807) is 0 Å². The first-order valence-electron chi connectivity index (χ1n) is 5.98. The summed E-state index contributed by atoms with van der Waals surface area (Å²) >= 11 is 0. The molecule has 0 radical (unpaired) electrons. The van der Waals surface area contributed by atoms with Crippen LogP contribution >= 0.6 is 0 Å². The molecule has 1 aliphatic carbocycles. The van der Waals surface area contributed by atoms with Gasteiger partial charge in [0.1, 0.15) is 0 Å². The van der Waals surface area contributed by atoms with E-state index in [9.17, 15) is 0 Å². The molecule has 1 fully saturated rings. The van der Waals surface area contributed by atoms with Crippen molar-refractivity contribution >= 4 is 0 Å². The van der Waals surface area contributed by atoms with E-state index in [-0.39, 0.29) is 6.10 Å². The quantitative estimate of drug-likeness (QED) is 0.691. The summed E-state index contributed by atoms with van der Waals surface area (Å²) < 4.78 is 5.79. The lowest BCUT2D eigenvalue weighted by Crippen LogP contribution is -2.22. The zero-order chi connectivity index (χ0) is 10.4. The van der Waals surface area contributed by atoms with E-state index in [2.05, 4.69) is 6.92 Å². The smallest absolute Gasteiger partial charge is 0.0577 e. The molecular weight excluding hydrogens is 176 g/mol. The second-order valence-electron chi connectivity index (χ2n) is 4.76. The lowest BCUT2D eigenvalue weighted by atomic mass is 9.89. The Kier molecular flexibility index (Phi) is 5.49. The average Bonchev–Trinajstić information content (AvgIpc) is 2.12. The van der Waals surface area contributed by atoms with Gasteiger partial charge in [0.05, 0.1) is 12.2 Å². The third kappa shape index (κ3) is 4.97. The van der Waals surface area contributed by atoms with Crippen LogP contribution in [0, 0.1) is 5.92 Å². The first kappa shape index (κ1) is 12.0. The third-order valence-electron chi connectivity index (χ3n) is 3.01. The summed E-state index contributed by atoms with van der Waals surface area (Å²) in [6, 6.07) is 0. The minimum Gasteiger partial charge on any atom is -0.393 e. The maximum atomic E-state index is 9.08. The Bertz CT molecular complexity index is 145. The summed E-state index contributed by atoms with van der Waals surface area (Å²) in [5, 5.41) is 9.08. The van der Waals surface area contributed by atoms with E-state index in [0.717, 1.165) is 25.4 Å². The van der Waals surface area contributed by atoms with Gasteiger partial charge < -0.3 is 9.84 Å². The number of rotatable bonds is 5. The molecule has 0 aromatic heterocycles. The summed E-state index contributed by atoms with van der Waals surface area (Å²) in [6.07, 6.45) is 7.32. The average molecular weight is 200 g/mol. The van der Waals surface area contributed by atoms with Crippen molar-refractivity contribution < 1.29 is 9.84 Å². The van der Waals surface area contributed by atoms with Gasteiger partial charge in [-0.1, -0.05) is 19.8 Å². The Labute approximate surface area is 87.7 Å². The molecular formula is C12H24O2. The van der Waals surface area contributed by atoms with Crippen LogP contribution in [0.2, 0.25) is 0 Å². The highest BCUT2D eigenvalue weighted by atomic mass is 16.5. The summed E-state index contributed by atoms with van der Waals surface area (Å²) in [6.45, 7) is 4.97. The molecule has 3 unspecified atom stereocenters. The van der Waals surface area contributed by atoms with Gasteiger partial charge in [0.25, 0.3) is 0 Å². The maximum Gasteiger partial charge on any atom is 0.0577 e. The molecule has 1 aliphatic rings. The number of aliphatic hydroxyl groups excluding tert-OH is 1. The molecule has 14 heavy (non-hydrogen) atoms. The number of hydrogen-bond acceptors (Lipinski definition) is 2. The van der Waals surface area contributed by atoms with Crippen LogP contribution in [0.1, 0.15) is 52.4 Å². The predicted molar refractivity (Wildman–Crippen MR) is 58.3 cm³/mol. The van der Waals surface area contributed by atoms with E-state index in [1.165, 1.54) is 25.7 Å². The fourth-order valence-electron chi connectivity index (χ4n) is 2.16. The molecule has 2 nitrogen and oxygen atoms in total. The normalized spacial score (nSPS) is 30.2. The molecule has 0 heterocycles. The lowest BCUT2D eigenvalue weighted by Gasteiger charge is -2.26. The van der Waals surface area contributed by atoms with Crippen molar-refractivity contribution in [2.45, 2.75) is 64.6 Å². The number of aliphatic hydroxyl groups is 1. The van der Waals surface area contributed by atoms with Crippen LogP contribution in [-0.4, -0.2) is 23.9 Å². The SMILES string of the molecule is CC(O)CCCOC1CCCC(C)C1. The van der Waals surface area contributed by atoms with Crippen LogP contribution in [0.15, 0.2) is 0 Å². The topological polar surface area (TPSA) is 29.5 Å². The third-order valence-corrected chi connectivity index (χ3v) is 3.01. The Hall–Kier alpha value is -0.0800. The lowest BCUT2D eigenvalue weighted by molar-refractivity contribution is 0.0101. The maximum absolute atomic E-state index is 9.08. The van der Waals surface area contributed by atoms with Gasteiger partial charge in [0, 0.05) is 6.61 Å². The fraction of sp³-hybridized carbons (Fsp3) is 1.00. The molecule has 0 bridgehead atoms. The van der Waals surface area contributed by atoms with Gasteiger partial charge in [-0.25, -0.2) is 0 Å². The van der Waals surface area contributed by atoms with Gasteiger partial charge in [-0.3, -0.25) is 0 Å². The highest BCUT2D eigenvalue weighted by Gasteiger charge is 2.18. The first-order chi connectivity index (χ1) is 6.68. The molecule has 1 rings (SSSR count). The standard InChI is InChI=1S/C12H24O2/c1-10-5-3-7-12(9-10)14-8-4-6-11(2)13/h10-13H,3-9H2,1-2H3. The van der Waals surface area contributed by atoms with Crippen LogP contribution < -0.4 is 0 Å². The van der Waals surface area contributed by atoms with Crippen molar-refractivity contribution in [2.75, 3.05) is 6.61 Å². The number of ether oxygens (including phenoxy) is 1. The van der Waals surface area contributed by atoms with Crippen LogP contribution in [0.3, 0.4) is 0 Å².